The van der Waals surface area contributed by atoms with Gasteiger partial charge in [-0.05, 0) is 66.1 Å². The molecule has 2 N–H and O–H groups in total. The summed E-state index contributed by atoms with van der Waals surface area (Å²) >= 11 is 0. The van der Waals surface area contributed by atoms with Crippen LogP contribution in [0.5, 0.6) is 5.75 Å². The van der Waals surface area contributed by atoms with Gasteiger partial charge >= 0.3 is 5.97 Å². The van der Waals surface area contributed by atoms with Gasteiger partial charge in [-0.2, -0.15) is 5.10 Å². The molecule has 0 fully saturated rings. The Kier molecular flexibility index (Phi) is 5.84. The van der Waals surface area contributed by atoms with Gasteiger partial charge in [0.1, 0.15) is 12.4 Å². The van der Waals surface area contributed by atoms with Crippen LogP contribution in [0.1, 0.15) is 27.0 Å². The second-order valence-corrected chi connectivity index (χ2v) is 6.04. The van der Waals surface area contributed by atoms with Crippen molar-refractivity contribution >= 4 is 17.9 Å². The molecule has 0 aromatic heterocycles. The number of hydrogen-bond acceptors (Lipinski definition) is 4. The average Bonchev–Trinajstić information content (AvgIpc) is 2.69. The summed E-state index contributed by atoms with van der Waals surface area (Å²) in [6.07, 6.45) is 1.67. The topological polar surface area (TPSA) is 70.9 Å². The molecular weight excluding hydrogens is 340 g/mol. The van der Waals surface area contributed by atoms with Gasteiger partial charge in [-0.15, -0.1) is 0 Å². The number of carboxylic acid groups (broad SMARTS) is 1. The first-order chi connectivity index (χ1) is 13.1. The van der Waals surface area contributed by atoms with Crippen LogP contribution >= 0.6 is 0 Å². The van der Waals surface area contributed by atoms with E-state index in [1.54, 1.807) is 18.3 Å². The van der Waals surface area contributed by atoms with E-state index in [1.165, 1.54) is 17.7 Å². The lowest BCUT2D eigenvalue weighted by Gasteiger charge is -2.08. The van der Waals surface area contributed by atoms with Crippen LogP contribution in [0.15, 0.2) is 77.9 Å². The Morgan fingerprint density at radius 3 is 2.59 bits per heavy atom. The van der Waals surface area contributed by atoms with Crippen molar-refractivity contribution in [2.24, 2.45) is 5.10 Å². The lowest BCUT2D eigenvalue weighted by Crippen LogP contribution is -1.98. The quantitative estimate of drug-likeness (QED) is 0.472. The minimum absolute atomic E-state index is 0.213. The van der Waals surface area contributed by atoms with Crippen LogP contribution in [0, 0.1) is 6.92 Å². The Labute approximate surface area is 157 Å². The SMILES string of the molecule is Cc1ccccc1COc1ccc(C=NNc2cccc(C(=O)O)c2)cc1. The number of carboxylic acids is 1. The van der Waals surface area contributed by atoms with Crippen molar-refractivity contribution in [2.75, 3.05) is 5.43 Å². The molecule has 0 heterocycles. The molecule has 3 aromatic carbocycles. The second-order valence-electron chi connectivity index (χ2n) is 6.04. The molecule has 136 valence electrons. The molecule has 5 nitrogen and oxygen atoms in total. The van der Waals surface area contributed by atoms with Crippen molar-refractivity contribution in [3.63, 3.8) is 0 Å². The van der Waals surface area contributed by atoms with E-state index in [-0.39, 0.29) is 5.56 Å². The van der Waals surface area contributed by atoms with Crippen LogP contribution < -0.4 is 10.2 Å². The summed E-state index contributed by atoms with van der Waals surface area (Å²) in [6.45, 7) is 2.60. The highest BCUT2D eigenvalue weighted by atomic mass is 16.5. The van der Waals surface area contributed by atoms with Crippen LogP contribution in [0.2, 0.25) is 0 Å². The van der Waals surface area contributed by atoms with Gasteiger partial charge in [0, 0.05) is 0 Å². The maximum Gasteiger partial charge on any atom is 0.335 e. The number of aromatic carboxylic acids is 1. The fourth-order valence-corrected chi connectivity index (χ4v) is 2.49. The maximum absolute atomic E-state index is 11.0. The van der Waals surface area contributed by atoms with Gasteiger partial charge in [-0.25, -0.2) is 4.79 Å². The molecule has 5 heteroatoms. The van der Waals surface area contributed by atoms with Crippen molar-refractivity contribution in [3.05, 3.63) is 95.1 Å². The number of benzene rings is 3. The van der Waals surface area contributed by atoms with Crippen LogP contribution in [0.4, 0.5) is 5.69 Å². The third-order valence-electron chi connectivity index (χ3n) is 4.05. The molecule has 0 atom stereocenters. The summed E-state index contributed by atoms with van der Waals surface area (Å²) < 4.78 is 5.82. The van der Waals surface area contributed by atoms with Crippen molar-refractivity contribution in [2.45, 2.75) is 13.5 Å². The fourth-order valence-electron chi connectivity index (χ4n) is 2.49. The van der Waals surface area contributed by atoms with Gasteiger partial charge in [0.25, 0.3) is 0 Å². The lowest BCUT2D eigenvalue weighted by atomic mass is 10.1. The van der Waals surface area contributed by atoms with E-state index in [0.717, 1.165) is 16.9 Å². The maximum atomic E-state index is 11.0. The predicted molar refractivity (Wildman–Crippen MR) is 107 cm³/mol. The fraction of sp³-hybridized carbons (Fsp3) is 0.0909. The molecule has 0 spiro atoms. The zero-order valence-electron chi connectivity index (χ0n) is 14.9. The zero-order chi connectivity index (χ0) is 19.1. The van der Waals surface area contributed by atoms with E-state index >= 15 is 0 Å². The summed E-state index contributed by atoms with van der Waals surface area (Å²) in [7, 11) is 0. The summed E-state index contributed by atoms with van der Waals surface area (Å²) in [5.41, 5.74) is 6.93. The predicted octanol–water partition coefficient (Wildman–Crippen LogP) is 4.72. The van der Waals surface area contributed by atoms with E-state index in [9.17, 15) is 4.79 Å². The smallest absolute Gasteiger partial charge is 0.335 e. The highest BCUT2D eigenvalue weighted by Crippen LogP contribution is 2.15. The molecule has 0 aliphatic heterocycles. The highest BCUT2D eigenvalue weighted by Gasteiger charge is 2.02. The summed E-state index contributed by atoms with van der Waals surface area (Å²) in [4.78, 5) is 11.0. The Bertz CT molecular complexity index is 950. The van der Waals surface area contributed by atoms with E-state index in [1.807, 2.05) is 36.4 Å². The van der Waals surface area contributed by atoms with Gasteiger partial charge in [-0.1, -0.05) is 30.3 Å². The first-order valence-electron chi connectivity index (χ1n) is 8.51. The molecule has 0 radical (unpaired) electrons. The average molecular weight is 360 g/mol. The van der Waals surface area contributed by atoms with Crippen LogP contribution in [-0.4, -0.2) is 17.3 Å². The standard InChI is InChI=1S/C22H20N2O3/c1-16-5-2-3-6-19(16)15-27-21-11-9-17(10-12-21)14-23-24-20-8-4-7-18(13-20)22(25)26/h2-14,24H,15H2,1H3,(H,25,26). The van der Waals surface area contributed by atoms with Crippen LogP contribution in [0.25, 0.3) is 0 Å². The van der Waals surface area contributed by atoms with Crippen LogP contribution in [-0.2, 0) is 6.61 Å². The number of nitrogens with one attached hydrogen (secondary N) is 1. The Hall–Kier alpha value is -3.60. The number of ether oxygens (including phenoxy) is 1. The van der Waals surface area contributed by atoms with Crippen molar-refractivity contribution in [3.8, 4) is 5.75 Å². The number of nitrogens with zero attached hydrogens (tertiary/aromatic N) is 1. The summed E-state index contributed by atoms with van der Waals surface area (Å²) in [6, 6.07) is 22.2. The molecule has 3 rings (SSSR count). The minimum atomic E-state index is -0.969. The van der Waals surface area contributed by atoms with E-state index < -0.39 is 5.97 Å². The molecule has 0 amide bonds. The van der Waals surface area contributed by atoms with E-state index in [4.69, 9.17) is 9.84 Å². The number of aryl methyl sites for hydroxylation is 1. The molecule has 0 bridgehead atoms. The first-order valence-corrected chi connectivity index (χ1v) is 8.51. The highest BCUT2D eigenvalue weighted by molar-refractivity contribution is 5.88. The van der Waals surface area contributed by atoms with Crippen molar-refractivity contribution < 1.29 is 14.6 Å². The normalized spacial score (nSPS) is 10.7. The number of hydrazone groups is 1. The third-order valence-corrected chi connectivity index (χ3v) is 4.05. The first kappa shape index (κ1) is 18.2. The monoisotopic (exact) mass is 360 g/mol. The molecule has 27 heavy (non-hydrogen) atoms. The number of anilines is 1. The summed E-state index contributed by atoms with van der Waals surface area (Å²) in [5, 5.41) is 13.1. The number of rotatable bonds is 7. The largest absolute Gasteiger partial charge is 0.489 e. The Balaban J connectivity index is 1.56. The molecule has 0 saturated carbocycles. The summed E-state index contributed by atoms with van der Waals surface area (Å²) in [5.74, 6) is -0.179. The van der Waals surface area contributed by atoms with Crippen molar-refractivity contribution in [1.82, 2.24) is 0 Å². The van der Waals surface area contributed by atoms with Gasteiger partial charge in [0.15, 0.2) is 0 Å². The number of hydrogen-bond donors (Lipinski definition) is 2. The Morgan fingerprint density at radius 2 is 1.85 bits per heavy atom. The number of carbonyl (C=O) groups is 1. The molecule has 0 aliphatic rings. The molecular formula is C22H20N2O3. The second kappa shape index (κ2) is 8.67. The molecule has 0 saturated heterocycles. The van der Waals surface area contributed by atoms with E-state index in [0.29, 0.717) is 12.3 Å². The van der Waals surface area contributed by atoms with Crippen LogP contribution in [0.3, 0.4) is 0 Å². The molecule has 3 aromatic rings. The van der Waals surface area contributed by atoms with E-state index in [2.05, 4.69) is 29.6 Å². The van der Waals surface area contributed by atoms with Gasteiger partial charge in [0.05, 0.1) is 17.5 Å². The van der Waals surface area contributed by atoms with Gasteiger partial charge < -0.3 is 9.84 Å². The van der Waals surface area contributed by atoms with Gasteiger partial charge in [0.2, 0.25) is 0 Å². The lowest BCUT2D eigenvalue weighted by molar-refractivity contribution is 0.0697. The molecule has 0 unspecified atom stereocenters. The zero-order valence-corrected chi connectivity index (χ0v) is 14.9. The minimum Gasteiger partial charge on any atom is -0.489 e. The van der Waals surface area contributed by atoms with Gasteiger partial charge in [-0.3, -0.25) is 5.43 Å². The Morgan fingerprint density at radius 1 is 1.07 bits per heavy atom. The van der Waals surface area contributed by atoms with Crippen molar-refractivity contribution in [1.29, 1.82) is 0 Å². The third kappa shape index (κ3) is 5.19. The molecule has 0 aliphatic carbocycles.